The Morgan fingerprint density at radius 3 is 2.50 bits per heavy atom. The lowest BCUT2D eigenvalue weighted by Crippen LogP contribution is -2.52. The van der Waals surface area contributed by atoms with Crippen LogP contribution in [0.1, 0.15) is 33.6 Å². The molecule has 0 aliphatic carbocycles. The van der Waals surface area contributed by atoms with E-state index in [0.29, 0.717) is 12.5 Å². The van der Waals surface area contributed by atoms with Crippen molar-refractivity contribution in [3.8, 4) is 0 Å². The van der Waals surface area contributed by atoms with Crippen LogP contribution in [0.4, 0.5) is 4.79 Å². The minimum Gasteiger partial charge on any atom is -0.481 e. The molecule has 1 unspecified atom stereocenters. The van der Waals surface area contributed by atoms with Gasteiger partial charge in [0.25, 0.3) is 0 Å². The zero-order valence-electron chi connectivity index (χ0n) is 13.0. The maximum atomic E-state index is 12.2. The first-order valence-electron chi connectivity index (χ1n) is 7.16. The third-order valence-electron chi connectivity index (χ3n) is 3.64. The van der Waals surface area contributed by atoms with Gasteiger partial charge in [-0.05, 0) is 46.7 Å². The molecular formula is C14H27N3O3. The summed E-state index contributed by atoms with van der Waals surface area (Å²) in [5.41, 5.74) is -0.383. The second kappa shape index (κ2) is 6.92. The molecule has 6 nitrogen and oxygen atoms in total. The number of nitrogens with zero attached hydrogens (tertiary/aromatic N) is 2. The largest absolute Gasteiger partial charge is 0.481 e. The molecule has 6 heteroatoms. The Labute approximate surface area is 121 Å². The summed E-state index contributed by atoms with van der Waals surface area (Å²) in [7, 11) is 2.08. The fourth-order valence-electron chi connectivity index (χ4n) is 2.47. The standard InChI is InChI=1S/C14H27N3O3/c1-14(2,3)17(8-6-12(18)19)13(20)15-9-11-5-7-16(4)10-11/h11H,5-10H2,1-4H3,(H,15,20)(H,18,19). The van der Waals surface area contributed by atoms with E-state index < -0.39 is 5.97 Å². The van der Waals surface area contributed by atoms with E-state index in [1.54, 1.807) is 4.90 Å². The lowest BCUT2D eigenvalue weighted by molar-refractivity contribution is -0.137. The summed E-state index contributed by atoms with van der Waals surface area (Å²) in [6.45, 7) is 8.71. The summed E-state index contributed by atoms with van der Waals surface area (Å²) in [5.74, 6) is -0.394. The van der Waals surface area contributed by atoms with Crippen LogP contribution in [-0.4, -0.2) is 65.7 Å². The third-order valence-corrected chi connectivity index (χ3v) is 3.64. The maximum absolute atomic E-state index is 12.2. The van der Waals surface area contributed by atoms with Gasteiger partial charge in [-0.1, -0.05) is 0 Å². The molecule has 0 bridgehead atoms. The highest BCUT2D eigenvalue weighted by atomic mass is 16.4. The first-order valence-corrected chi connectivity index (χ1v) is 7.16. The number of carbonyl (C=O) groups excluding carboxylic acids is 1. The average Bonchev–Trinajstić information content (AvgIpc) is 2.70. The van der Waals surface area contributed by atoms with Crippen LogP contribution in [0.2, 0.25) is 0 Å². The molecule has 0 saturated carbocycles. The summed E-state index contributed by atoms with van der Waals surface area (Å²) < 4.78 is 0. The number of hydrogen-bond donors (Lipinski definition) is 2. The lowest BCUT2D eigenvalue weighted by atomic mass is 10.1. The highest BCUT2D eigenvalue weighted by molar-refractivity contribution is 5.76. The molecule has 1 saturated heterocycles. The number of carbonyl (C=O) groups is 2. The van der Waals surface area contributed by atoms with Gasteiger partial charge in [0.15, 0.2) is 0 Å². The molecular weight excluding hydrogens is 258 g/mol. The first-order chi connectivity index (χ1) is 9.20. The topological polar surface area (TPSA) is 72.9 Å². The highest BCUT2D eigenvalue weighted by Gasteiger charge is 2.28. The number of urea groups is 1. The Hall–Kier alpha value is -1.30. The first kappa shape index (κ1) is 16.8. The molecule has 116 valence electrons. The van der Waals surface area contributed by atoms with Crippen molar-refractivity contribution in [3.05, 3.63) is 0 Å². The van der Waals surface area contributed by atoms with E-state index >= 15 is 0 Å². The van der Waals surface area contributed by atoms with Crippen LogP contribution in [0.3, 0.4) is 0 Å². The molecule has 1 aliphatic rings. The third kappa shape index (κ3) is 5.36. The van der Waals surface area contributed by atoms with Crippen molar-refractivity contribution < 1.29 is 14.7 Å². The summed E-state index contributed by atoms with van der Waals surface area (Å²) in [5, 5.41) is 11.7. The van der Waals surface area contributed by atoms with Gasteiger partial charge in [0, 0.05) is 25.2 Å². The Morgan fingerprint density at radius 2 is 2.05 bits per heavy atom. The van der Waals surface area contributed by atoms with E-state index in [4.69, 9.17) is 5.11 Å². The summed E-state index contributed by atoms with van der Waals surface area (Å²) >= 11 is 0. The minimum absolute atomic E-state index is 0.0309. The normalized spacial score (nSPS) is 19.9. The Morgan fingerprint density at radius 1 is 1.40 bits per heavy atom. The monoisotopic (exact) mass is 285 g/mol. The van der Waals surface area contributed by atoms with Gasteiger partial charge in [0.1, 0.15) is 0 Å². The predicted octanol–water partition coefficient (Wildman–Crippen LogP) is 1.22. The van der Waals surface area contributed by atoms with Crippen molar-refractivity contribution in [2.75, 3.05) is 33.2 Å². The number of carboxylic acid groups (broad SMARTS) is 1. The minimum atomic E-state index is -0.885. The number of rotatable bonds is 5. The molecule has 1 atom stereocenters. The molecule has 1 rings (SSSR count). The van der Waals surface area contributed by atoms with Gasteiger partial charge in [-0.3, -0.25) is 4.79 Å². The fraction of sp³-hybridized carbons (Fsp3) is 0.857. The predicted molar refractivity (Wildman–Crippen MR) is 77.7 cm³/mol. The second-order valence-electron chi connectivity index (χ2n) is 6.57. The molecule has 0 radical (unpaired) electrons. The van der Waals surface area contributed by atoms with Crippen molar-refractivity contribution in [1.82, 2.24) is 15.1 Å². The number of carboxylic acids is 1. The Kier molecular flexibility index (Phi) is 5.80. The van der Waals surface area contributed by atoms with Crippen LogP contribution in [-0.2, 0) is 4.79 Å². The van der Waals surface area contributed by atoms with Crippen LogP contribution < -0.4 is 5.32 Å². The summed E-state index contributed by atoms with van der Waals surface area (Å²) in [4.78, 5) is 26.8. The van der Waals surface area contributed by atoms with E-state index in [1.807, 2.05) is 20.8 Å². The molecule has 0 aromatic rings. The van der Waals surface area contributed by atoms with Crippen molar-refractivity contribution in [2.24, 2.45) is 5.92 Å². The number of hydrogen-bond acceptors (Lipinski definition) is 3. The fourth-order valence-corrected chi connectivity index (χ4v) is 2.47. The van der Waals surface area contributed by atoms with Crippen LogP contribution >= 0.6 is 0 Å². The molecule has 20 heavy (non-hydrogen) atoms. The number of likely N-dealkylation sites (tertiary alicyclic amines) is 1. The van der Waals surface area contributed by atoms with Crippen LogP contribution in [0.15, 0.2) is 0 Å². The van der Waals surface area contributed by atoms with Gasteiger partial charge in [0.2, 0.25) is 0 Å². The van der Waals surface area contributed by atoms with E-state index in [9.17, 15) is 9.59 Å². The maximum Gasteiger partial charge on any atom is 0.317 e. The molecule has 0 aromatic carbocycles. The van der Waals surface area contributed by atoms with Gasteiger partial charge in [-0.25, -0.2) is 4.79 Å². The zero-order chi connectivity index (χ0) is 15.3. The second-order valence-corrected chi connectivity index (χ2v) is 6.57. The molecule has 1 aliphatic heterocycles. The Bertz CT molecular complexity index is 352. The number of nitrogens with one attached hydrogen (secondary N) is 1. The van der Waals surface area contributed by atoms with E-state index in [1.165, 1.54) is 0 Å². The Balaban J connectivity index is 2.48. The van der Waals surface area contributed by atoms with Crippen LogP contribution in [0.25, 0.3) is 0 Å². The zero-order valence-corrected chi connectivity index (χ0v) is 13.0. The molecule has 1 heterocycles. The molecule has 1 fully saturated rings. The van der Waals surface area contributed by atoms with E-state index in [0.717, 1.165) is 19.5 Å². The molecule has 0 aromatic heterocycles. The average molecular weight is 285 g/mol. The van der Waals surface area contributed by atoms with Gasteiger partial charge in [-0.2, -0.15) is 0 Å². The van der Waals surface area contributed by atoms with Gasteiger partial charge in [-0.15, -0.1) is 0 Å². The van der Waals surface area contributed by atoms with Gasteiger partial charge in [0.05, 0.1) is 6.42 Å². The van der Waals surface area contributed by atoms with Gasteiger partial charge < -0.3 is 20.2 Å². The number of amides is 2. The summed E-state index contributed by atoms with van der Waals surface area (Å²) in [6.07, 6.45) is 1.07. The van der Waals surface area contributed by atoms with E-state index in [-0.39, 0.29) is 24.5 Å². The quantitative estimate of drug-likeness (QED) is 0.796. The van der Waals surface area contributed by atoms with E-state index in [2.05, 4.69) is 17.3 Å². The highest BCUT2D eigenvalue weighted by Crippen LogP contribution is 2.16. The van der Waals surface area contributed by atoms with Crippen LogP contribution in [0.5, 0.6) is 0 Å². The lowest BCUT2D eigenvalue weighted by Gasteiger charge is -2.35. The van der Waals surface area contributed by atoms with Gasteiger partial charge >= 0.3 is 12.0 Å². The molecule has 2 N–H and O–H groups in total. The molecule has 2 amide bonds. The SMILES string of the molecule is CN1CCC(CNC(=O)N(CCC(=O)O)C(C)(C)C)C1. The van der Waals surface area contributed by atoms with Crippen LogP contribution in [0, 0.1) is 5.92 Å². The van der Waals surface area contributed by atoms with Crippen molar-refractivity contribution in [1.29, 1.82) is 0 Å². The molecule has 0 spiro atoms. The number of aliphatic carboxylic acids is 1. The van der Waals surface area contributed by atoms with Crippen molar-refractivity contribution in [2.45, 2.75) is 39.2 Å². The smallest absolute Gasteiger partial charge is 0.317 e. The van der Waals surface area contributed by atoms with Crippen molar-refractivity contribution in [3.63, 3.8) is 0 Å². The van der Waals surface area contributed by atoms with Crippen molar-refractivity contribution >= 4 is 12.0 Å². The summed E-state index contributed by atoms with van der Waals surface area (Å²) in [6, 6.07) is -0.173.